The first-order valence-electron chi connectivity index (χ1n) is 5.04. The van der Waals surface area contributed by atoms with Gasteiger partial charge in [0, 0.05) is 11.1 Å². The molecule has 3 nitrogen and oxygen atoms in total. The molecule has 0 aliphatic heterocycles. The highest BCUT2D eigenvalue weighted by atomic mass is 32.1. The van der Waals surface area contributed by atoms with Gasteiger partial charge < -0.3 is 5.73 Å². The Morgan fingerprint density at radius 2 is 2.33 bits per heavy atom. The SMILES string of the molecule is Cc1nc2scc(C)n2c1C=CCCN. The lowest BCUT2D eigenvalue weighted by atomic mass is 10.3. The minimum atomic E-state index is 0.695. The zero-order valence-electron chi connectivity index (χ0n) is 9.03. The third-order valence-corrected chi connectivity index (χ3v) is 3.31. The van der Waals surface area contributed by atoms with Crippen LogP contribution in [0.5, 0.6) is 0 Å². The Balaban J connectivity index is 2.47. The van der Waals surface area contributed by atoms with Gasteiger partial charge in [0.2, 0.25) is 0 Å². The first kappa shape index (κ1) is 10.4. The van der Waals surface area contributed by atoms with Gasteiger partial charge >= 0.3 is 0 Å². The van der Waals surface area contributed by atoms with Gasteiger partial charge in [-0.15, -0.1) is 11.3 Å². The molecule has 2 heterocycles. The van der Waals surface area contributed by atoms with Crippen LogP contribution in [0.2, 0.25) is 0 Å². The summed E-state index contributed by atoms with van der Waals surface area (Å²) in [5.41, 5.74) is 8.96. The molecule has 0 unspecified atom stereocenters. The number of rotatable bonds is 3. The summed E-state index contributed by atoms with van der Waals surface area (Å²) in [6, 6.07) is 0. The van der Waals surface area contributed by atoms with E-state index in [1.165, 1.54) is 11.4 Å². The van der Waals surface area contributed by atoms with E-state index in [1.54, 1.807) is 11.3 Å². The van der Waals surface area contributed by atoms with E-state index in [2.05, 4.69) is 33.8 Å². The molecule has 4 heteroatoms. The first-order valence-corrected chi connectivity index (χ1v) is 5.91. The third kappa shape index (κ3) is 1.82. The topological polar surface area (TPSA) is 43.3 Å². The van der Waals surface area contributed by atoms with E-state index in [9.17, 15) is 0 Å². The molecular formula is C11H15N3S. The van der Waals surface area contributed by atoms with Gasteiger partial charge in [0.15, 0.2) is 4.96 Å². The second kappa shape index (κ2) is 4.16. The Hall–Kier alpha value is -1.13. The zero-order chi connectivity index (χ0) is 10.8. The molecule has 2 aromatic rings. The van der Waals surface area contributed by atoms with Crippen molar-refractivity contribution in [3.8, 4) is 0 Å². The highest BCUT2D eigenvalue weighted by molar-refractivity contribution is 7.15. The lowest BCUT2D eigenvalue weighted by Gasteiger charge is -1.95. The van der Waals surface area contributed by atoms with Crippen LogP contribution < -0.4 is 5.73 Å². The predicted octanol–water partition coefficient (Wildman–Crippen LogP) is 2.37. The maximum absolute atomic E-state index is 5.46. The Kier molecular flexibility index (Phi) is 2.88. The molecule has 0 saturated carbocycles. The third-order valence-electron chi connectivity index (χ3n) is 2.36. The fraction of sp³-hybridized carbons (Fsp3) is 0.364. The second-order valence-corrected chi connectivity index (χ2v) is 4.39. The fourth-order valence-corrected chi connectivity index (χ4v) is 2.53. The number of nitrogens with zero attached hydrogens (tertiary/aromatic N) is 2. The summed E-state index contributed by atoms with van der Waals surface area (Å²) >= 11 is 1.68. The van der Waals surface area contributed by atoms with Crippen molar-refractivity contribution in [1.82, 2.24) is 9.38 Å². The molecule has 2 aromatic heterocycles. The van der Waals surface area contributed by atoms with Gasteiger partial charge in [-0.25, -0.2) is 4.98 Å². The molecule has 0 aromatic carbocycles. The number of nitrogens with two attached hydrogens (primary N) is 1. The van der Waals surface area contributed by atoms with E-state index in [0.717, 1.165) is 17.1 Å². The van der Waals surface area contributed by atoms with Gasteiger partial charge in [-0.2, -0.15) is 0 Å². The standard InChI is InChI=1S/C11H15N3S/c1-8-7-15-11-13-9(2)10(14(8)11)5-3-4-6-12/h3,5,7H,4,6,12H2,1-2H3. The number of aromatic nitrogens is 2. The minimum absolute atomic E-state index is 0.695. The van der Waals surface area contributed by atoms with Crippen molar-refractivity contribution >= 4 is 22.4 Å². The normalized spacial score (nSPS) is 11.9. The molecule has 0 radical (unpaired) electrons. The fourth-order valence-electron chi connectivity index (χ4n) is 1.61. The van der Waals surface area contributed by atoms with E-state index in [0.29, 0.717) is 6.54 Å². The van der Waals surface area contributed by atoms with Crippen molar-refractivity contribution in [3.63, 3.8) is 0 Å². The van der Waals surface area contributed by atoms with Crippen LogP contribution in [-0.4, -0.2) is 15.9 Å². The van der Waals surface area contributed by atoms with Crippen LogP contribution in [0.15, 0.2) is 11.5 Å². The van der Waals surface area contributed by atoms with E-state index in [-0.39, 0.29) is 0 Å². The van der Waals surface area contributed by atoms with Gasteiger partial charge in [0.1, 0.15) is 0 Å². The smallest absolute Gasteiger partial charge is 0.194 e. The van der Waals surface area contributed by atoms with Gasteiger partial charge in [0.05, 0.1) is 11.4 Å². The summed E-state index contributed by atoms with van der Waals surface area (Å²) in [4.78, 5) is 5.58. The summed E-state index contributed by atoms with van der Waals surface area (Å²) in [5, 5.41) is 2.13. The number of imidazole rings is 1. The molecule has 0 aliphatic carbocycles. The largest absolute Gasteiger partial charge is 0.330 e. The molecular weight excluding hydrogens is 206 g/mol. The Morgan fingerprint density at radius 1 is 1.53 bits per heavy atom. The first-order chi connectivity index (χ1) is 7.24. The quantitative estimate of drug-likeness (QED) is 0.864. The average Bonchev–Trinajstić information content (AvgIpc) is 2.70. The number of thiazole rings is 1. The van der Waals surface area contributed by atoms with Gasteiger partial charge in [-0.05, 0) is 32.9 Å². The van der Waals surface area contributed by atoms with Gasteiger partial charge in [-0.1, -0.05) is 6.08 Å². The van der Waals surface area contributed by atoms with Crippen LogP contribution in [0, 0.1) is 13.8 Å². The van der Waals surface area contributed by atoms with E-state index in [1.807, 2.05) is 6.92 Å². The second-order valence-electron chi connectivity index (χ2n) is 3.56. The molecule has 0 amide bonds. The molecule has 80 valence electrons. The maximum Gasteiger partial charge on any atom is 0.194 e. The van der Waals surface area contributed by atoms with E-state index >= 15 is 0 Å². The van der Waals surface area contributed by atoms with Crippen LogP contribution in [0.25, 0.3) is 11.0 Å². The van der Waals surface area contributed by atoms with Crippen molar-refractivity contribution in [1.29, 1.82) is 0 Å². The molecule has 0 spiro atoms. The van der Waals surface area contributed by atoms with Crippen molar-refractivity contribution in [3.05, 3.63) is 28.5 Å². The van der Waals surface area contributed by atoms with Crippen LogP contribution in [-0.2, 0) is 0 Å². The van der Waals surface area contributed by atoms with Crippen LogP contribution in [0.4, 0.5) is 0 Å². The van der Waals surface area contributed by atoms with Crippen molar-refractivity contribution in [2.24, 2.45) is 5.73 Å². The molecule has 0 saturated heterocycles. The molecule has 0 aliphatic rings. The molecule has 15 heavy (non-hydrogen) atoms. The average molecular weight is 221 g/mol. The summed E-state index contributed by atoms with van der Waals surface area (Å²) in [6.45, 7) is 4.84. The number of hydrogen-bond acceptors (Lipinski definition) is 3. The van der Waals surface area contributed by atoms with E-state index < -0.39 is 0 Å². The molecule has 0 fully saturated rings. The summed E-state index contributed by atoms with van der Waals surface area (Å²) in [6.07, 6.45) is 5.13. The highest BCUT2D eigenvalue weighted by Crippen LogP contribution is 2.21. The van der Waals surface area contributed by atoms with Crippen molar-refractivity contribution in [2.75, 3.05) is 6.54 Å². The minimum Gasteiger partial charge on any atom is -0.330 e. The Labute approximate surface area is 93.2 Å². The molecule has 0 atom stereocenters. The summed E-state index contributed by atoms with van der Waals surface area (Å²) in [7, 11) is 0. The van der Waals surface area contributed by atoms with Crippen LogP contribution in [0.3, 0.4) is 0 Å². The monoisotopic (exact) mass is 221 g/mol. The lowest BCUT2D eigenvalue weighted by Crippen LogP contribution is -1.95. The number of fused-ring (bicyclic) bond motifs is 1. The van der Waals surface area contributed by atoms with Gasteiger partial charge in [0.25, 0.3) is 0 Å². The molecule has 2 rings (SSSR count). The summed E-state index contributed by atoms with van der Waals surface area (Å²) < 4.78 is 2.19. The zero-order valence-corrected chi connectivity index (χ0v) is 9.84. The van der Waals surface area contributed by atoms with Crippen molar-refractivity contribution in [2.45, 2.75) is 20.3 Å². The van der Waals surface area contributed by atoms with Crippen LogP contribution >= 0.6 is 11.3 Å². The Bertz CT molecular complexity index is 493. The number of hydrogen-bond donors (Lipinski definition) is 1. The van der Waals surface area contributed by atoms with Crippen LogP contribution in [0.1, 0.15) is 23.5 Å². The summed E-state index contributed by atoms with van der Waals surface area (Å²) in [5.74, 6) is 0. The van der Waals surface area contributed by atoms with Gasteiger partial charge in [-0.3, -0.25) is 4.40 Å². The number of aryl methyl sites for hydroxylation is 2. The predicted molar refractivity (Wildman–Crippen MR) is 65.2 cm³/mol. The molecule has 0 bridgehead atoms. The van der Waals surface area contributed by atoms with E-state index in [4.69, 9.17) is 5.73 Å². The Morgan fingerprint density at radius 3 is 3.07 bits per heavy atom. The van der Waals surface area contributed by atoms with Crippen molar-refractivity contribution < 1.29 is 0 Å². The molecule has 2 N–H and O–H groups in total. The lowest BCUT2D eigenvalue weighted by molar-refractivity contribution is 1.01. The maximum atomic E-state index is 5.46. The highest BCUT2D eigenvalue weighted by Gasteiger charge is 2.08.